The molecule has 0 saturated carbocycles. The van der Waals surface area contributed by atoms with Crippen LogP contribution in [0.25, 0.3) is 0 Å². The number of rotatable bonds is 32. The second-order valence-corrected chi connectivity index (χ2v) is 13.4. The highest BCUT2D eigenvalue weighted by molar-refractivity contribution is 5.02. The molecule has 0 bridgehead atoms. The van der Waals surface area contributed by atoms with Crippen LogP contribution in [0.2, 0.25) is 0 Å². The van der Waals surface area contributed by atoms with E-state index in [9.17, 15) is 20.4 Å². The van der Waals surface area contributed by atoms with Crippen molar-refractivity contribution in [3.8, 4) is 0 Å². The van der Waals surface area contributed by atoms with E-state index in [1.165, 1.54) is 116 Å². The van der Waals surface area contributed by atoms with Gasteiger partial charge in [0.25, 0.3) is 11.6 Å². The van der Waals surface area contributed by atoms with E-state index in [-0.39, 0.29) is 19.8 Å². The number of unbranched alkanes of at least 4 members (excludes halogenated alkanes) is 22. The van der Waals surface area contributed by atoms with Crippen LogP contribution in [0.3, 0.4) is 0 Å². The van der Waals surface area contributed by atoms with Gasteiger partial charge in [0.15, 0.2) is 0 Å². The van der Waals surface area contributed by atoms with Crippen LogP contribution >= 0.6 is 0 Å². The molecule has 1 heterocycles. The highest BCUT2D eigenvalue weighted by Crippen LogP contribution is 2.41. The minimum atomic E-state index is -2.51. The molecule has 0 aliphatic carbocycles. The quantitative estimate of drug-likeness (QED) is 0.0426. The highest BCUT2D eigenvalue weighted by atomic mass is 16.8. The molecule has 1 saturated heterocycles. The molecular weight excluding hydrogens is 572 g/mol. The minimum absolute atomic E-state index is 0.133. The van der Waals surface area contributed by atoms with Gasteiger partial charge in [-0.2, -0.15) is 0 Å². The van der Waals surface area contributed by atoms with E-state index in [1.54, 1.807) is 0 Å². The van der Waals surface area contributed by atoms with Crippen molar-refractivity contribution >= 4 is 0 Å². The summed E-state index contributed by atoms with van der Waals surface area (Å²) in [5.41, 5.74) is 0. The van der Waals surface area contributed by atoms with Crippen molar-refractivity contribution in [1.82, 2.24) is 0 Å². The van der Waals surface area contributed by atoms with Crippen molar-refractivity contribution < 1.29 is 39.4 Å². The fourth-order valence-electron chi connectivity index (χ4n) is 6.18. The molecular formula is C37H74O8. The van der Waals surface area contributed by atoms with Crippen molar-refractivity contribution in [2.24, 2.45) is 0 Å². The molecule has 45 heavy (non-hydrogen) atoms. The summed E-state index contributed by atoms with van der Waals surface area (Å²) < 4.78 is 23.2. The van der Waals surface area contributed by atoms with E-state index >= 15 is 0 Å². The zero-order valence-corrected chi connectivity index (χ0v) is 29.7. The summed E-state index contributed by atoms with van der Waals surface area (Å²) in [4.78, 5) is 0. The summed E-state index contributed by atoms with van der Waals surface area (Å²) >= 11 is 0. The maximum atomic E-state index is 11.7. The van der Waals surface area contributed by atoms with Gasteiger partial charge in [-0.1, -0.05) is 162 Å². The first kappa shape index (κ1) is 42.7. The molecule has 8 heteroatoms. The molecule has 0 aromatic carbocycles. The third-order valence-electron chi connectivity index (χ3n) is 9.18. The predicted molar refractivity (Wildman–Crippen MR) is 182 cm³/mol. The lowest BCUT2D eigenvalue weighted by molar-refractivity contribution is -0.498. The standard InChI is InChI=1S/C37H74O8/c1-4-7-9-11-13-15-17-19-21-23-25-27-30-43-36(40)34(39)33(32-38)45-35(42-29-6-3)37(36,41)44-31-28-26-24-22-20-18-16-14-12-10-8-5-2/h33-35,38-41H,4-32H2,1-3H3/t33-,34+,35-,36-,37-/m1/s1. The van der Waals surface area contributed by atoms with Gasteiger partial charge in [0.1, 0.15) is 12.2 Å². The van der Waals surface area contributed by atoms with E-state index < -0.39 is 36.7 Å². The van der Waals surface area contributed by atoms with Crippen LogP contribution in [0.15, 0.2) is 0 Å². The fraction of sp³-hybridized carbons (Fsp3) is 1.00. The molecule has 1 aliphatic heterocycles. The van der Waals surface area contributed by atoms with Crippen LogP contribution in [0, 0.1) is 0 Å². The Bertz CT molecular complexity index is 652. The fourth-order valence-corrected chi connectivity index (χ4v) is 6.18. The molecule has 4 N–H and O–H groups in total. The molecule has 0 amide bonds. The zero-order valence-electron chi connectivity index (χ0n) is 29.7. The van der Waals surface area contributed by atoms with Gasteiger partial charge >= 0.3 is 0 Å². The molecule has 1 aliphatic rings. The van der Waals surface area contributed by atoms with Crippen molar-refractivity contribution in [2.45, 2.75) is 211 Å². The van der Waals surface area contributed by atoms with Gasteiger partial charge in [-0.05, 0) is 19.3 Å². The van der Waals surface area contributed by atoms with Crippen LogP contribution in [0.4, 0.5) is 0 Å². The van der Waals surface area contributed by atoms with E-state index in [0.717, 1.165) is 25.7 Å². The van der Waals surface area contributed by atoms with Crippen molar-refractivity contribution in [2.75, 3.05) is 26.4 Å². The van der Waals surface area contributed by atoms with Gasteiger partial charge in [0, 0.05) is 6.61 Å². The molecule has 0 radical (unpaired) electrons. The molecule has 1 fully saturated rings. The zero-order chi connectivity index (χ0) is 33.1. The number of hydrogen-bond donors (Lipinski definition) is 4. The summed E-state index contributed by atoms with van der Waals surface area (Å²) in [6.07, 6.45) is 25.1. The van der Waals surface area contributed by atoms with Gasteiger partial charge in [0.05, 0.1) is 19.8 Å². The lowest BCUT2D eigenvalue weighted by Gasteiger charge is -2.53. The van der Waals surface area contributed by atoms with Crippen LogP contribution in [0.5, 0.6) is 0 Å². The number of aliphatic hydroxyl groups excluding tert-OH is 2. The van der Waals surface area contributed by atoms with Crippen LogP contribution in [0.1, 0.15) is 181 Å². The van der Waals surface area contributed by atoms with E-state index in [4.69, 9.17) is 18.9 Å². The van der Waals surface area contributed by atoms with E-state index in [0.29, 0.717) is 19.3 Å². The average Bonchev–Trinajstić information content (AvgIpc) is 3.04. The molecule has 0 spiro atoms. The van der Waals surface area contributed by atoms with Gasteiger partial charge < -0.3 is 39.4 Å². The van der Waals surface area contributed by atoms with Gasteiger partial charge in [0.2, 0.25) is 6.29 Å². The second-order valence-electron chi connectivity index (χ2n) is 13.4. The minimum Gasteiger partial charge on any atom is -0.394 e. The van der Waals surface area contributed by atoms with Gasteiger partial charge in [-0.3, -0.25) is 0 Å². The topological polar surface area (TPSA) is 118 Å². The van der Waals surface area contributed by atoms with E-state index in [2.05, 4.69) is 13.8 Å². The summed E-state index contributed by atoms with van der Waals surface area (Å²) in [6, 6.07) is 0. The Balaban J connectivity index is 2.50. The third kappa shape index (κ3) is 17.1. The molecule has 8 nitrogen and oxygen atoms in total. The van der Waals surface area contributed by atoms with Crippen LogP contribution in [-0.2, 0) is 18.9 Å². The summed E-state index contributed by atoms with van der Waals surface area (Å²) in [7, 11) is 0. The molecule has 0 aromatic rings. The smallest absolute Gasteiger partial charge is 0.276 e. The second kappa shape index (κ2) is 27.6. The van der Waals surface area contributed by atoms with Gasteiger partial charge in [-0.15, -0.1) is 0 Å². The maximum Gasteiger partial charge on any atom is 0.276 e. The lowest BCUT2D eigenvalue weighted by Crippen LogP contribution is -2.77. The third-order valence-corrected chi connectivity index (χ3v) is 9.18. The largest absolute Gasteiger partial charge is 0.394 e. The summed E-state index contributed by atoms with van der Waals surface area (Å²) in [6.45, 7) is 6.39. The Morgan fingerprint density at radius 2 is 0.844 bits per heavy atom. The van der Waals surface area contributed by atoms with E-state index in [1.807, 2.05) is 6.92 Å². The Labute approximate surface area is 277 Å². The first-order chi connectivity index (χ1) is 21.9. The van der Waals surface area contributed by atoms with Crippen LogP contribution < -0.4 is 0 Å². The normalized spacial score (nSPS) is 25.3. The first-order valence-electron chi connectivity index (χ1n) is 19.2. The molecule has 1 rings (SSSR count). The highest BCUT2D eigenvalue weighted by Gasteiger charge is 2.68. The number of aliphatic hydroxyl groups is 4. The van der Waals surface area contributed by atoms with Crippen molar-refractivity contribution in [3.63, 3.8) is 0 Å². The average molecular weight is 647 g/mol. The Morgan fingerprint density at radius 3 is 1.20 bits per heavy atom. The maximum absolute atomic E-state index is 11.7. The SMILES string of the molecule is CCCCCCCCCCCCCCO[C@]1(O)[C@H](OCCC)O[C@H](CO)[C@H](O)[C@@]1(O)OCCCCCCCCCCCCCC. The monoisotopic (exact) mass is 647 g/mol. The predicted octanol–water partition coefficient (Wildman–Crippen LogP) is 8.30. The Kier molecular flexibility index (Phi) is 26.2. The van der Waals surface area contributed by atoms with Gasteiger partial charge in [-0.25, -0.2) is 0 Å². The molecule has 270 valence electrons. The number of ether oxygens (including phenoxy) is 4. The lowest BCUT2D eigenvalue weighted by atomic mass is 9.91. The Hall–Kier alpha value is -0.320. The van der Waals surface area contributed by atoms with Crippen LogP contribution in [-0.4, -0.2) is 76.9 Å². The number of hydrogen-bond acceptors (Lipinski definition) is 8. The van der Waals surface area contributed by atoms with Crippen molar-refractivity contribution in [3.05, 3.63) is 0 Å². The summed E-state index contributed by atoms with van der Waals surface area (Å²) in [5, 5.41) is 44.3. The summed E-state index contributed by atoms with van der Waals surface area (Å²) in [5.74, 6) is -4.95. The Morgan fingerprint density at radius 1 is 0.489 bits per heavy atom. The van der Waals surface area contributed by atoms with Crippen molar-refractivity contribution in [1.29, 1.82) is 0 Å². The first-order valence-corrected chi connectivity index (χ1v) is 19.2. The molecule has 0 aromatic heterocycles. The molecule has 0 unspecified atom stereocenters. The molecule has 5 atom stereocenters.